The van der Waals surface area contributed by atoms with E-state index < -0.39 is 0 Å². The lowest BCUT2D eigenvalue weighted by molar-refractivity contribution is 0.289. The average molecular weight is 174 g/mol. The molecule has 2 unspecified atom stereocenters. The minimum absolute atomic E-state index is 0.283. The van der Waals surface area contributed by atoms with Crippen LogP contribution in [-0.4, -0.2) is 23.9 Å². The third-order valence-corrected chi connectivity index (χ3v) is 2.65. The zero-order valence-corrected chi connectivity index (χ0v) is 8.29. The van der Waals surface area contributed by atoms with Gasteiger partial charge in [-0.2, -0.15) is 5.26 Å². The maximum Gasteiger partial charge on any atom is 0.146 e. The SMILES string of the molecule is CCN(CC)POC(C)C#N. The lowest BCUT2D eigenvalue weighted by Crippen LogP contribution is -2.14. The van der Waals surface area contributed by atoms with Crippen molar-refractivity contribution >= 4 is 8.96 Å². The topological polar surface area (TPSA) is 36.3 Å². The Bertz CT molecular complexity index is 131. The Morgan fingerprint density at radius 3 is 2.45 bits per heavy atom. The summed E-state index contributed by atoms with van der Waals surface area (Å²) in [6, 6.07) is 2.03. The highest BCUT2D eigenvalue weighted by molar-refractivity contribution is 7.29. The van der Waals surface area contributed by atoms with Crippen molar-refractivity contribution in [2.45, 2.75) is 26.9 Å². The first-order valence-corrected chi connectivity index (χ1v) is 4.66. The molecule has 0 aliphatic carbocycles. The second kappa shape index (κ2) is 6.54. The smallest absolute Gasteiger partial charge is 0.146 e. The van der Waals surface area contributed by atoms with E-state index in [4.69, 9.17) is 9.79 Å². The number of hydrogen-bond acceptors (Lipinski definition) is 3. The Balaban J connectivity index is 3.44. The van der Waals surface area contributed by atoms with Gasteiger partial charge in [-0.15, -0.1) is 0 Å². The molecule has 0 heterocycles. The van der Waals surface area contributed by atoms with Crippen molar-refractivity contribution in [3.63, 3.8) is 0 Å². The van der Waals surface area contributed by atoms with Gasteiger partial charge in [0.15, 0.2) is 0 Å². The van der Waals surface area contributed by atoms with Crippen LogP contribution in [-0.2, 0) is 4.52 Å². The Hall–Kier alpha value is -0.160. The highest BCUT2D eigenvalue weighted by Crippen LogP contribution is 2.20. The largest absolute Gasteiger partial charge is 0.329 e. The van der Waals surface area contributed by atoms with E-state index in [0.29, 0.717) is 8.96 Å². The number of nitriles is 1. The molecule has 0 aliphatic heterocycles. The molecule has 0 fully saturated rings. The van der Waals surface area contributed by atoms with E-state index in [9.17, 15) is 0 Å². The predicted octanol–water partition coefficient (Wildman–Crippen LogP) is 1.77. The Morgan fingerprint density at radius 2 is 2.09 bits per heavy atom. The van der Waals surface area contributed by atoms with Gasteiger partial charge in [-0.05, 0) is 6.92 Å². The second-order valence-electron chi connectivity index (χ2n) is 2.15. The molecule has 0 spiro atoms. The second-order valence-corrected chi connectivity index (χ2v) is 3.20. The standard InChI is InChI=1S/C7H15N2OP/c1-4-9(5-2)11-10-7(3)6-8/h7,11H,4-5H2,1-3H3. The Kier molecular flexibility index (Phi) is 6.45. The molecular weight excluding hydrogens is 159 g/mol. The minimum Gasteiger partial charge on any atom is -0.329 e. The van der Waals surface area contributed by atoms with Crippen LogP contribution in [0.4, 0.5) is 0 Å². The molecule has 11 heavy (non-hydrogen) atoms. The molecule has 0 bridgehead atoms. The number of nitrogens with zero attached hydrogens (tertiary/aromatic N) is 2. The molecule has 4 heteroatoms. The summed E-state index contributed by atoms with van der Waals surface area (Å²) in [5, 5.41) is 8.40. The summed E-state index contributed by atoms with van der Waals surface area (Å²) >= 11 is 0. The first-order chi connectivity index (χ1) is 5.24. The third kappa shape index (κ3) is 5.15. The van der Waals surface area contributed by atoms with Gasteiger partial charge in [-0.1, -0.05) is 13.8 Å². The molecule has 0 saturated heterocycles. The lowest BCUT2D eigenvalue weighted by Gasteiger charge is -2.17. The summed E-state index contributed by atoms with van der Waals surface area (Å²) in [6.45, 7) is 7.88. The van der Waals surface area contributed by atoms with Gasteiger partial charge in [-0.25, -0.2) is 0 Å². The van der Waals surface area contributed by atoms with Crippen molar-refractivity contribution < 1.29 is 4.52 Å². The van der Waals surface area contributed by atoms with Gasteiger partial charge in [0.25, 0.3) is 0 Å². The lowest BCUT2D eigenvalue weighted by atomic mass is 10.5. The van der Waals surface area contributed by atoms with Gasteiger partial charge in [-0.3, -0.25) is 4.67 Å². The van der Waals surface area contributed by atoms with Gasteiger partial charge in [0.05, 0.1) is 15.0 Å². The van der Waals surface area contributed by atoms with Crippen molar-refractivity contribution in [1.82, 2.24) is 4.67 Å². The summed E-state index contributed by atoms with van der Waals surface area (Å²) in [7, 11) is 0.321. The molecule has 64 valence electrons. The number of rotatable bonds is 5. The highest BCUT2D eigenvalue weighted by atomic mass is 31.1. The van der Waals surface area contributed by atoms with Gasteiger partial charge in [0.1, 0.15) is 6.10 Å². The van der Waals surface area contributed by atoms with Crippen LogP contribution < -0.4 is 0 Å². The molecule has 0 N–H and O–H groups in total. The van der Waals surface area contributed by atoms with Crippen LogP contribution in [0.25, 0.3) is 0 Å². The molecule has 2 atom stereocenters. The maximum absolute atomic E-state index is 8.40. The summed E-state index contributed by atoms with van der Waals surface area (Å²) in [5.74, 6) is 0. The van der Waals surface area contributed by atoms with E-state index in [-0.39, 0.29) is 6.10 Å². The molecule has 0 amide bonds. The summed E-state index contributed by atoms with van der Waals surface area (Å²) in [4.78, 5) is 0. The van der Waals surface area contributed by atoms with Crippen LogP contribution in [0.15, 0.2) is 0 Å². The van der Waals surface area contributed by atoms with Crippen LogP contribution in [0.3, 0.4) is 0 Å². The zero-order valence-electron chi connectivity index (χ0n) is 7.29. The van der Waals surface area contributed by atoms with Crippen LogP contribution in [0.1, 0.15) is 20.8 Å². The third-order valence-electron chi connectivity index (χ3n) is 1.30. The van der Waals surface area contributed by atoms with Gasteiger partial charge in [0, 0.05) is 13.1 Å². The van der Waals surface area contributed by atoms with Crippen molar-refractivity contribution in [3.8, 4) is 6.07 Å². The van der Waals surface area contributed by atoms with E-state index in [1.165, 1.54) is 0 Å². The van der Waals surface area contributed by atoms with Crippen molar-refractivity contribution in [2.24, 2.45) is 0 Å². The van der Waals surface area contributed by atoms with E-state index in [1.54, 1.807) is 6.92 Å². The molecule has 0 aromatic carbocycles. The molecular formula is C7H15N2OP. The van der Waals surface area contributed by atoms with Crippen molar-refractivity contribution in [3.05, 3.63) is 0 Å². The molecule has 3 nitrogen and oxygen atoms in total. The van der Waals surface area contributed by atoms with Gasteiger partial charge < -0.3 is 4.52 Å². The van der Waals surface area contributed by atoms with E-state index in [0.717, 1.165) is 13.1 Å². The molecule has 0 saturated carbocycles. The summed E-state index contributed by atoms with van der Waals surface area (Å²) in [5.41, 5.74) is 0. The van der Waals surface area contributed by atoms with E-state index in [1.807, 2.05) is 6.07 Å². The molecule has 0 rings (SSSR count). The average Bonchev–Trinajstić information content (AvgIpc) is 2.06. The summed E-state index contributed by atoms with van der Waals surface area (Å²) in [6.07, 6.45) is -0.283. The molecule has 0 radical (unpaired) electrons. The zero-order chi connectivity index (χ0) is 8.69. The predicted molar refractivity (Wildman–Crippen MR) is 47.4 cm³/mol. The Morgan fingerprint density at radius 1 is 1.55 bits per heavy atom. The summed E-state index contributed by atoms with van der Waals surface area (Å²) < 4.78 is 7.37. The van der Waals surface area contributed by atoms with Crippen molar-refractivity contribution in [1.29, 1.82) is 5.26 Å². The monoisotopic (exact) mass is 174 g/mol. The molecule has 0 aromatic rings. The van der Waals surface area contributed by atoms with Crippen LogP contribution in [0.5, 0.6) is 0 Å². The van der Waals surface area contributed by atoms with Crippen LogP contribution in [0.2, 0.25) is 0 Å². The normalized spacial score (nSPS) is 14.1. The molecule has 0 aromatic heterocycles. The highest BCUT2D eigenvalue weighted by Gasteiger charge is 2.02. The van der Waals surface area contributed by atoms with E-state index >= 15 is 0 Å². The van der Waals surface area contributed by atoms with Crippen LogP contribution >= 0.6 is 8.96 Å². The fraction of sp³-hybridized carbons (Fsp3) is 0.857. The van der Waals surface area contributed by atoms with Crippen LogP contribution in [0, 0.1) is 11.3 Å². The number of hydrogen-bond donors (Lipinski definition) is 0. The maximum atomic E-state index is 8.40. The fourth-order valence-electron chi connectivity index (χ4n) is 0.533. The Labute approximate surface area is 70.3 Å². The van der Waals surface area contributed by atoms with Gasteiger partial charge >= 0.3 is 0 Å². The van der Waals surface area contributed by atoms with Crippen molar-refractivity contribution in [2.75, 3.05) is 13.1 Å². The minimum atomic E-state index is -0.283. The van der Waals surface area contributed by atoms with Gasteiger partial charge in [0.2, 0.25) is 0 Å². The fourth-order valence-corrected chi connectivity index (χ4v) is 1.15. The first-order valence-electron chi connectivity index (χ1n) is 3.80. The van der Waals surface area contributed by atoms with E-state index in [2.05, 4.69) is 18.5 Å². The molecule has 0 aliphatic rings. The quantitative estimate of drug-likeness (QED) is 0.596. The first kappa shape index (κ1) is 10.8.